The smallest absolute Gasteiger partial charge is 0.261 e. The van der Waals surface area contributed by atoms with Gasteiger partial charge in [0.25, 0.3) is 5.91 Å². The summed E-state index contributed by atoms with van der Waals surface area (Å²) in [5.41, 5.74) is 2.03. The number of carbonyl (C=O) groups excluding carboxylic acids is 2. The number of nitrogens with zero attached hydrogens (tertiary/aromatic N) is 1. The summed E-state index contributed by atoms with van der Waals surface area (Å²) in [6.07, 6.45) is 7.83. The highest BCUT2D eigenvalue weighted by Crippen LogP contribution is 2.34. The van der Waals surface area contributed by atoms with Crippen molar-refractivity contribution >= 4 is 23.3 Å². The number of hydrogen-bond acceptors (Lipinski definition) is 5. The number of ketones is 1. The van der Waals surface area contributed by atoms with Crippen LogP contribution in [-0.4, -0.2) is 34.9 Å². The molecule has 2 unspecified atom stereocenters. The number of nitrogens with one attached hydrogen (secondary N) is 1. The molecule has 2 atom stereocenters. The molecule has 3 heterocycles. The Labute approximate surface area is 186 Å². The van der Waals surface area contributed by atoms with Gasteiger partial charge in [0, 0.05) is 42.1 Å². The number of halogens is 1. The molecule has 7 heteroatoms. The van der Waals surface area contributed by atoms with Gasteiger partial charge in [0.15, 0.2) is 18.0 Å². The number of pyridine rings is 1. The van der Waals surface area contributed by atoms with Crippen molar-refractivity contribution in [2.24, 2.45) is 5.92 Å². The minimum absolute atomic E-state index is 0.0634. The lowest BCUT2D eigenvalue weighted by molar-refractivity contribution is -0.129. The lowest BCUT2D eigenvalue weighted by Crippen LogP contribution is -2.44. The summed E-state index contributed by atoms with van der Waals surface area (Å²) in [5, 5.41) is 3.80. The van der Waals surface area contributed by atoms with Crippen molar-refractivity contribution in [1.29, 1.82) is 0 Å². The molecule has 162 valence electrons. The molecule has 1 N–H and O–H groups in total. The van der Waals surface area contributed by atoms with Crippen LogP contribution in [0, 0.1) is 5.92 Å². The summed E-state index contributed by atoms with van der Waals surface area (Å²) in [4.78, 5) is 29.4. The van der Waals surface area contributed by atoms with Crippen molar-refractivity contribution in [1.82, 2.24) is 10.3 Å². The van der Waals surface area contributed by atoms with Crippen molar-refractivity contribution < 1.29 is 19.1 Å². The van der Waals surface area contributed by atoms with Crippen LogP contribution in [0.15, 0.2) is 36.7 Å². The maximum Gasteiger partial charge on any atom is 0.261 e. The average Bonchev–Trinajstić information content (AvgIpc) is 3.39. The second-order valence-corrected chi connectivity index (χ2v) is 9.19. The van der Waals surface area contributed by atoms with Gasteiger partial charge >= 0.3 is 0 Å². The van der Waals surface area contributed by atoms with Gasteiger partial charge in [-0.2, -0.15) is 0 Å². The van der Waals surface area contributed by atoms with E-state index in [4.69, 9.17) is 21.1 Å². The van der Waals surface area contributed by atoms with Crippen molar-refractivity contribution in [3.63, 3.8) is 0 Å². The van der Waals surface area contributed by atoms with E-state index in [2.05, 4.69) is 10.3 Å². The fourth-order valence-corrected chi connectivity index (χ4v) is 5.04. The Balaban J connectivity index is 1.07. The van der Waals surface area contributed by atoms with E-state index in [0.717, 1.165) is 42.6 Å². The Bertz CT molecular complexity index is 978. The molecule has 2 aliphatic heterocycles. The number of aromatic nitrogens is 1. The molecule has 5 rings (SSSR count). The highest BCUT2D eigenvalue weighted by Gasteiger charge is 2.34. The van der Waals surface area contributed by atoms with Crippen LogP contribution in [-0.2, 0) is 22.4 Å². The van der Waals surface area contributed by atoms with Crippen LogP contribution in [0.4, 0.5) is 0 Å². The summed E-state index contributed by atoms with van der Waals surface area (Å²) >= 11 is 6.04. The average molecular weight is 441 g/mol. The zero-order chi connectivity index (χ0) is 21.4. The van der Waals surface area contributed by atoms with E-state index in [0.29, 0.717) is 36.0 Å². The van der Waals surface area contributed by atoms with E-state index in [-0.39, 0.29) is 17.7 Å². The van der Waals surface area contributed by atoms with E-state index < -0.39 is 12.2 Å². The molecule has 0 spiro atoms. The Kier molecular flexibility index (Phi) is 5.57. The molecule has 31 heavy (non-hydrogen) atoms. The summed E-state index contributed by atoms with van der Waals surface area (Å²) in [6.45, 7) is 0. The maximum atomic E-state index is 12.8. The third-order valence-electron chi connectivity index (χ3n) is 6.58. The van der Waals surface area contributed by atoms with Gasteiger partial charge in [-0.25, -0.2) is 0 Å². The van der Waals surface area contributed by atoms with Crippen molar-refractivity contribution in [3.05, 3.63) is 52.8 Å². The van der Waals surface area contributed by atoms with Crippen LogP contribution >= 0.6 is 11.6 Å². The summed E-state index contributed by atoms with van der Waals surface area (Å²) in [7, 11) is 0. The number of benzene rings is 1. The standard InChI is InChI=1S/C24H25ClN2O4/c25-17-3-6-20-16(10-17)12-21(30-20)19(28)9-14-1-4-18(5-2-14)27-24(29)22-11-15-7-8-26-13-23(15)31-22/h3,6-8,10,13-14,18,21-22H,1-2,4-5,9,11-12H2,(H,27,29). The van der Waals surface area contributed by atoms with Gasteiger partial charge in [-0.3, -0.25) is 14.6 Å². The molecule has 2 aromatic rings. The molecule has 0 saturated heterocycles. The minimum Gasteiger partial charge on any atom is -0.482 e. The number of Topliss-reactive ketones (excluding diaryl/α,β-unsaturated/α-hetero) is 1. The molecule has 6 nitrogen and oxygen atoms in total. The van der Waals surface area contributed by atoms with Crippen LogP contribution in [0.1, 0.15) is 43.2 Å². The van der Waals surface area contributed by atoms with Crippen LogP contribution in [0.25, 0.3) is 0 Å². The fraction of sp³-hybridized carbons (Fsp3) is 0.458. The summed E-state index contributed by atoms with van der Waals surface area (Å²) < 4.78 is 11.6. The van der Waals surface area contributed by atoms with Crippen molar-refractivity contribution in [2.75, 3.05) is 0 Å². The molecular formula is C24H25ClN2O4. The van der Waals surface area contributed by atoms with Crippen LogP contribution < -0.4 is 14.8 Å². The Hall–Kier alpha value is -2.60. The predicted octanol–water partition coefficient (Wildman–Crippen LogP) is 3.68. The number of carbonyl (C=O) groups is 2. The molecule has 1 aromatic heterocycles. The first-order chi connectivity index (χ1) is 15.0. The molecule has 1 amide bonds. The Morgan fingerprint density at radius 3 is 2.58 bits per heavy atom. The van der Waals surface area contributed by atoms with E-state index >= 15 is 0 Å². The molecule has 1 fully saturated rings. The third-order valence-corrected chi connectivity index (χ3v) is 6.81. The monoisotopic (exact) mass is 440 g/mol. The number of ether oxygens (including phenoxy) is 2. The minimum atomic E-state index is -0.479. The number of amides is 1. The van der Waals surface area contributed by atoms with Crippen molar-refractivity contribution in [2.45, 2.75) is 63.2 Å². The first kappa shape index (κ1) is 20.3. The molecule has 1 saturated carbocycles. The van der Waals surface area contributed by atoms with Gasteiger partial charge in [0.1, 0.15) is 11.5 Å². The van der Waals surface area contributed by atoms with Crippen LogP contribution in [0.2, 0.25) is 5.02 Å². The first-order valence-corrected chi connectivity index (χ1v) is 11.3. The zero-order valence-electron chi connectivity index (χ0n) is 17.2. The molecule has 3 aliphatic rings. The highest BCUT2D eigenvalue weighted by molar-refractivity contribution is 6.30. The number of hydrogen-bond donors (Lipinski definition) is 1. The first-order valence-electron chi connectivity index (χ1n) is 10.9. The Morgan fingerprint density at radius 2 is 1.77 bits per heavy atom. The SMILES string of the molecule is O=C(CC1CCC(NC(=O)C2Cc3ccncc3O2)CC1)C1Cc2cc(Cl)ccc2O1. The van der Waals surface area contributed by atoms with Gasteiger partial charge < -0.3 is 14.8 Å². The number of fused-ring (bicyclic) bond motifs is 2. The van der Waals surface area contributed by atoms with Gasteiger partial charge in [-0.15, -0.1) is 0 Å². The molecule has 1 aromatic carbocycles. The van der Waals surface area contributed by atoms with Gasteiger partial charge in [0.05, 0.1) is 6.20 Å². The van der Waals surface area contributed by atoms with Crippen LogP contribution in [0.3, 0.4) is 0 Å². The van der Waals surface area contributed by atoms with Gasteiger partial charge in [-0.1, -0.05) is 11.6 Å². The maximum absolute atomic E-state index is 12.8. The normalized spacial score (nSPS) is 26.4. The largest absolute Gasteiger partial charge is 0.482 e. The third kappa shape index (κ3) is 4.40. The molecule has 1 aliphatic carbocycles. The quantitative estimate of drug-likeness (QED) is 0.767. The summed E-state index contributed by atoms with van der Waals surface area (Å²) in [5.74, 6) is 1.90. The molecule has 0 bridgehead atoms. The van der Waals surface area contributed by atoms with E-state index in [9.17, 15) is 9.59 Å². The zero-order valence-corrected chi connectivity index (χ0v) is 17.9. The topological polar surface area (TPSA) is 77.5 Å². The lowest BCUT2D eigenvalue weighted by atomic mass is 9.82. The number of rotatable bonds is 5. The Morgan fingerprint density at radius 1 is 1.00 bits per heavy atom. The lowest BCUT2D eigenvalue weighted by Gasteiger charge is -2.29. The predicted molar refractivity (Wildman–Crippen MR) is 115 cm³/mol. The fourth-order valence-electron chi connectivity index (χ4n) is 4.84. The van der Waals surface area contributed by atoms with Gasteiger partial charge in [0.2, 0.25) is 0 Å². The summed E-state index contributed by atoms with van der Waals surface area (Å²) in [6, 6.07) is 7.53. The van der Waals surface area contributed by atoms with Crippen LogP contribution in [0.5, 0.6) is 11.5 Å². The van der Waals surface area contributed by atoms with E-state index in [1.165, 1.54) is 0 Å². The van der Waals surface area contributed by atoms with E-state index in [1.54, 1.807) is 18.5 Å². The van der Waals surface area contributed by atoms with Gasteiger partial charge in [-0.05, 0) is 61.4 Å². The second kappa shape index (κ2) is 8.50. The van der Waals surface area contributed by atoms with E-state index in [1.807, 2.05) is 18.2 Å². The van der Waals surface area contributed by atoms with Crippen molar-refractivity contribution in [3.8, 4) is 11.5 Å². The molecular weight excluding hydrogens is 416 g/mol. The second-order valence-electron chi connectivity index (χ2n) is 8.75. The molecule has 0 radical (unpaired) electrons. The highest BCUT2D eigenvalue weighted by atomic mass is 35.5.